The maximum Gasteiger partial charge on any atom is 0.338 e. The first-order valence-corrected chi connectivity index (χ1v) is 13.6. The predicted octanol–water partition coefficient (Wildman–Crippen LogP) is 2.49. The number of hydrogen-bond acceptors (Lipinski definition) is 7. The van der Waals surface area contributed by atoms with Gasteiger partial charge in [0.15, 0.2) is 0 Å². The first kappa shape index (κ1) is 27.8. The van der Waals surface area contributed by atoms with Crippen molar-refractivity contribution in [2.75, 3.05) is 52.7 Å². The Labute approximate surface area is 223 Å². The molecule has 10 nitrogen and oxygen atoms in total. The molecule has 0 spiro atoms. The van der Waals surface area contributed by atoms with Crippen LogP contribution in [0.15, 0.2) is 24.3 Å². The van der Waals surface area contributed by atoms with Crippen molar-refractivity contribution in [3.05, 3.63) is 52.3 Å². The summed E-state index contributed by atoms with van der Waals surface area (Å²) in [6.07, 6.45) is 2.93. The Morgan fingerprint density at radius 1 is 1.11 bits per heavy atom. The second-order valence-electron chi connectivity index (χ2n) is 9.82. The number of fused-ring (bicyclic) bond motifs is 1. The summed E-state index contributed by atoms with van der Waals surface area (Å²) < 4.78 is 18.5. The highest BCUT2D eigenvalue weighted by molar-refractivity contribution is 5.98. The fraction of sp³-hybridized carbons (Fsp3) is 0.571. The smallest absolute Gasteiger partial charge is 0.338 e. The number of hydrogen-bond donors (Lipinski definition) is 1. The van der Waals surface area contributed by atoms with Gasteiger partial charge in [-0.15, -0.1) is 0 Å². The average molecular weight is 527 g/mol. The fourth-order valence-corrected chi connectivity index (χ4v) is 4.75. The van der Waals surface area contributed by atoms with E-state index in [1.54, 1.807) is 29.2 Å². The minimum Gasteiger partial charge on any atom is -0.462 e. The summed E-state index contributed by atoms with van der Waals surface area (Å²) >= 11 is 0. The van der Waals surface area contributed by atoms with Crippen LogP contribution >= 0.6 is 0 Å². The summed E-state index contributed by atoms with van der Waals surface area (Å²) in [7, 11) is 0. The molecular formula is C28H38N4O6. The standard InChI is InChI=1S/C28H38N4O6/c1-3-23-25-24(9-5-13-36-14-6-10-29-26(25)33)32(30-23)18-20(2)19-38-28(35)22-8-4-7-21(17-22)27(34)31-11-15-37-16-12-31/h4,7-8,17,20H,3,5-6,9-16,18-19H2,1-2H3,(H,29,33)/t20-/m1/s1. The lowest BCUT2D eigenvalue weighted by atomic mass is 10.1. The van der Waals surface area contributed by atoms with Crippen molar-refractivity contribution in [1.82, 2.24) is 20.0 Å². The summed E-state index contributed by atoms with van der Waals surface area (Å²) in [4.78, 5) is 40.3. The van der Waals surface area contributed by atoms with Crippen molar-refractivity contribution in [2.24, 2.45) is 5.92 Å². The summed E-state index contributed by atoms with van der Waals surface area (Å²) in [5.41, 5.74) is 3.15. The Morgan fingerprint density at radius 2 is 1.84 bits per heavy atom. The van der Waals surface area contributed by atoms with Gasteiger partial charge in [0.2, 0.25) is 0 Å². The normalized spacial score (nSPS) is 17.6. The number of nitrogens with one attached hydrogen (secondary N) is 1. The van der Waals surface area contributed by atoms with Crippen LogP contribution in [-0.2, 0) is 33.6 Å². The van der Waals surface area contributed by atoms with Crippen molar-refractivity contribution in [3.8, 4) is 0 Å². The van der Waals surface area contributed by atoms with Crippen LogP contribution in [0.25, 0.3) is 0 Å². The van der Waals surface area contributed by atoms with Crippen molar-refractivity contribution < 1.29 is 28.6 Å². The zero-order chi connectivity index (χ0) is 26.9. The number of rotatable bonds is 7. The minimum absolute atomic E-state index is 0.0386. The van der Waals surface area contributed by atoms with Crippen molar-refractivity contribution in [1.29, 1.82) is 0 Å². The molecule has 1 saturated heterocycles. The lowest BCUT2D eigenvalue weighted by Crippen LogP contribution is -2.40. The Morgan fingerprint density at radius 3 is 2.63 bits per heavy atom. The summed E-state index contributed by atoms with van der Waals surface area (Å²) in [5, 5.41) is 7.75. The quantitative estimate of drug-likeness (QED) is 0.552. The zero-order valence-electron chi connectivity index (χ0n) is 22.4. The van der Waals surface area contributed by atoms with Gasteiger partial charge < -0.3 is 24.4 Å². The molecule has 1 N–H and O–H groups in total. The number of amides is 2. The monoisotopic (exact) mass is 526 g/mol. The molecule has 1 aromatic carbocycles. The summed E-state index contributed by atoms with van der Waals surface area (Å²) in [6, 6.07) is 6.65. The molecule has 0 saturated carbocycles. The molecule has 2 aliphatic heterocycles. The topological polar surface area (TPSA) is 112 Å². The van der Waals surface area contributed by atoms with E-state index in [9.17, 15) is 14.4 Å². The van der Waals surface area contributed by atoms with Gasteiger partial charge in [-0.1, -0.05) is 19.9 Å². The third-order valence-corrected chi connectivity index (χ3v) is 6.77. The molecule has 2 amide bonds. The predicted molar refractivity (Wildman–Crippen MR) is 140 cm³/mol. The molecule has 0 unspecified atom stereocenters. The molecule has 1 atom stereocenters. The number of carbonyl (C=O) groups is 3. The Bertz CT molecular complexity index is 1120. The molecule has 3 heterocycles. The SMILES string of the molecule is CCc1nn(C[C@@H](C)COC(=O)c2cccc(C(=O)N3CCOCC3)c2)c2c1C(=O)NCCCOCCC2. The lowest BCUT2D eigenvalue weighted by Gasteiger charge is -2.26. The number of aromatic nitrogens is 2. The first-order chi connectivity index (χ1) is 18.5. The maximum absolute atomic E-state index is 13.0. The highest BCUT2D eigenvalue weighted by Crippen LogP contribution is 2.20. The van der Waals surface area contributed by atoms with Crippen molar-refractivity contribution in [3.63, 3.8) is 0 Å². The van der Waals surface area contributed by atoms with Crippen LogP contribution in [0.1, 0.15) is 69.2 Å². The molecule has 0 aliphatic carbocycles. The van der Waals surface area contributed by atoms with Crippen LogP contribution in [0.3, 0.4) is 0 Å². The van der Waals surface area contributed by atoms with Gasteiger partial charge >= 0.3 is 5.97 Å². The molecule has 4 rings (SSSR count). The van der Waals surface area contributed by atoms with E-state index in [-0.39, 0.29) is 24.3 Å². The van der Waals surface area contributed by atoms with E-state index in [0.717, 1.165) is 24.2 Å². The summed E-state index contributed by atoms with van der Waals surface area (Å²) in [6.45, 7) is 8.64. The van der Waals surface area contributed by atoms with E-state index >= 15 is 0 Å². The highest BCUT2D eigenvalue weighted by Gasteiger charge is 2.24. The maximum atomic E-state index is 13.0. The number of aryl methyl sites for hydroxylation is 1. The number of benzene rings is 1. The van der Waals surface area contributed by atoms with E-state index < -0.39 is 5.97 Å². The van der Waals surface area contributed by atoms with E-state index in [1.165, 1.54) is 0 Å². The Hall–Kier alpha value is -3.24. The molecular weight excluding hydrogens is 488 g/mol. The van der Waals surface area contributed by atoms with Gasteiger partial charge in [0.05, 0.1) is 42.3 Å². The van der Waals surface area contributed by atoms with E-state index in [1.807, 2.05) is 18.5 Å². The van der Waals surface area contributed by atoms with Gasteiger partial charge in [-0.25, -0.2) is 4.79 Å². The van der Waals surface area contributed by atoms with Crippen LogP contribution < -0.4 is 5.32 Å². The molecule has 1 aromatic heterocycles. The molecule has 0 radical (unpaired) electrons. The Kier molecular flexibility index (Phi) is 9.89. The molecule has 2 aromatic rings. The second kappa shape index (κ2) is 13.5. The van der Waals surface area contributed by atoms with Crippen LogP contribution in [0.5, 0.6) is 0 Å². The van der Waals surface area contributed by atoms with Crippen molar-refractivity contribution >= 4 is 17.8 Å². The largest absolute Gasteiger partial charge is 0.462 e. The van der Waals surface area contributed by atoms with E-state index in [2.05, 4.69) is 5.32 Å². The number of morpholine rings is 1. The molecule has 2 aliphatic rings. The van der Waals surface area contributed by atoms with Gasteiger partial charge in [-0.2, -0.15) is 5.10 Å². The van der Waals surface area contributed by atoms with Crippen LogP contribution in [0.4, 0.5) is 0 Å². The van der Waals surface area contributed by atoms with Gasteiger partial charge in [-0.05, 0) is 43.9 Å². The third-order valence-electron chi connectivity index (χ3n) is 6.77. The number of ether oxygens (including phenoxy) is 3. The van der Waals surface area contributed by atoms with E-state index in [0.29, 0.717) is 82.1 Å². The van der Waals surface area contributed by atoms with E-state index in [4.69, 9.17) is 19.3 Å². The molecule has 38 heavy (non-hydrogen) atoms. The average Bonchev–Trinajstić information content (AvgIpc) is 3.27. The molecule has 1 fully saturated rings. The number of carbonyl (C=O) groups excluding carboxylic acids is 3. The van der Waals surface area contributed by atoms with Gasteiger partial charge in [-0.3, -0.25) is 14.3 Å². The van der Waals surface area contributed by atoms with Gasteiger partial charge in [0.1, 0.15) is 0 Å². The van der Waals surface area contributed by atoms with Crippen molar-refractivity contribution in [2.45, 2.75) is 46.1 Å². The fourth-order valence-electron chi connectivity index (χ4n) is 4.75. The lowest BCUT2D eigenvalue weighted by molar-refractivity contribution is 0.0302. The summed E-state index contributed by atoms with van der Waals surface area (Å²) in [5.74, 6) is -0.715. The first-order valence-electron chi connectivity index (χ1n) is 13.6. The highest BCUT2D eigenvalue weighted by atomic mass is 16.5. The zero-order valence-corrected chi connectivity index (χ0v) is 22.4. The van der Waals surface area contributed by atoms with Crippen LogP contribution in [0.2, 0.25) is 0 Å². The van der Waals surface area contributed by atoms with Crippen LogP contribution in [0, 0.1) is 5.92 Å². The Balaban J connectivity index is 1.40. The molecule has 206 valence electrons. The number of esters is 1. The molecule has 0 bridgehead atoms. The van der Waals surface area contributed by atoms with Gasteiger partial charge in [0.25, 0.3) is 11.8 Å². The molecule has 10 heteroatoms. The van der Waals surface area contributed by atoms with Gasteiger partial charge in [0, 0.05) is 50.9 Å². The van der Waals surface area contributed by atoms with Crippen LogP contribution in [-0.4, -0.2) is 85.1 Å². The third kappa shape index (κ3) is 6.99. The second-order valence-corrected chi connectivity index (χ2v) is 9.82. The number of nitrogens with zero attached hydrogens (tertiary/aromatic N) is 3. The minimum atomic E-state index is -0.473.